The van der Waals surface area contributed by atoms with Gasteiger partial charge >= 0.3 is 5.97 Å². The highest BCUT2D eigenvalue weighted by Gasteiger charge is 2.32. The van der Waals surface area contributed by atoms with Gasteiger partial charge in [-0.05, 0) is 25.0 Å². The van der Waals surface area contributed by atoms with Crippen LogP contribution in [-0.2, 0) is 19.6 Å². The van der Waals surface area contributed by atoms with Gasteiger partial charge in [0.2, 0.25) is 10.0 Å². The second kappa shape index (κ2) is 6.74. The molecule has 112 valence electrons. The summed E-state index contributed by atoms with van der Waals surface area (Å²) in [6.45, 7) is 0.585. The van der Waals surface area contributed by atoms with E-state index in [1.807, 2.05) is 0 Å². The van der Waals surface area contributed by atoms with Crippen LogP contribution >= 0.6 is 0 Å². The molecule has 1 aliphatic heterocycles. The molecule has 21 heavy (non-hydrogen) atoms. The molecule has 1 aromatic carbocycles. The minimum absolute atomic E-state index is 0.0403. The molecule has 1 aliphatic rings. The molecule has 0 spiro atoms. The van der Waals surface area contributed by atoms with Crippen molar-refractivity contribution in [3.63, 3.8) is 0 Å². The van der Waals surface area contributed by atoms with Gasteiger partial charge in [0, 0.05) is 13.1 Å². The highest BCUT2D eigenvalue weighted by Crippen LogP contribution is 2.24. The van der Waals surface area contributed by atoms with Crippen LogP contribution in [-0.4, -0.2) is 38.4 Å². The van der Waals surface area contributed by atoms with E-state index in [-0.39, 0.29) is 23.4 Å². The Kier molecular flexibility index (Phi) is 4.99. The van der Waals surface area contributed by atoms with E-state index in [2.05, 4.69) is 5.92 Å². The second-order valence-electron chi connectivity index (χ2n) is 4.80. The number of hydrogen-bond donors (Lipinski definition) is 0. The number of terminal acetylenes is 1. The van der Waals surface area contributed by atoms with E-state index in [1.54, 1.807) is 30.3 Å². The number of piperidine rings is 1. The molecule has 1 heterocycles. The maximum atomic E-state index is 12.4. The summed E-state index contributed by atoms with van der Waals surface area (Å²) in [4.78, 5) is 12.0. The van der Waals surface area contributed by atoms with E-state index in [9.17, 15) is 13.2 Å². The molecular weight excluding hydrogens is 290 g/mol. The topological polar surface area (TPSA) is 63.7 Å². The smallest absolute Gasteiger partial charge is 0.309 e. The van der Waals surface area contributed by atoms with Gasteiger partial charge in [-0.15, -0.1) is 6.42 Å². The SMILES string of the molecule is C#CCOC(=O)C1CCN(S(=O)(=O)c2ccccc2)CC1. The molecule has 1 saturated heterocycles. The van der Waals surface area contributed by atoms with Gasteiger partial charge in [0.15, 0.2) is 6.61 Å². The average molecular weight is 307 g/mol. The van der Waals surface area contributed by atoms with Gasteiger partial charge in [-0.1, -0.05) is 24.1 Å². The fourth-order valence-electron chi connectivity index (χ4n) is 2.30. The highest BCUT2D eigenvalue weighted by atomic mass is 32.2. The van der Waals surface area contributed by atoms with Crippen LogP contribution in [0.5, 0.6) is 0 Å². The lowest BCUT2D eigenvalue weighted by Gasteiger charge is -2.29. The Morgan fingerprint density at radius 1 is 1.29 bits per heavy atom. The fourth-order valence-corrected chi connectivity index (χ4v) is 3.79. The number of carbonyl (C=O) groups excluding carboxylic acids is 1. The quantitative estimate of drug-likeness (QED) is 0.620. The largest absolute Gasteiger partial charge is 0.452 e. The monoisotopic (exact) mass is 307 g/mol. The Balaban J connectivity index is 1.98. The van der Waals surface area contributed by atoms with Gasteiger partial charge in [-0.3, -0.25) is 4.79 Å². The molecular formula is C15H17NO4S. The number of carbonyl (C=O) groups is 1. The second-order valence-corrected chi connectivity index (χ2v) is 6.74. The minimum Gasteiger partial charge on any atom is -0.452 e. The van der Waals surface area contributed by atoms with Crippen molar-refractivity contribution in [2.24, 2.45) is 5.92 Å². The first kappa shape index (κ1) is 15.5. The summed E-state index contributed by atoms with van der Waals surface area (Å²) in [6.07, 6.45) is 5.94. The van der Waals surface area contributed by atoms with Crippen LogP contribution in [0.25, 0.3) is 0 Å². The molecule has 0 saturated carbocycles. The van der Waals surface area contributed by atoms with E-state index < -0.39 is 10.0 Å². The molecule has 0 aromatic heterocycles. The predicted octanol–water partition coefficient (Wildman–Crippen LogP) is 1.26. The predicted molar refractivity (Wildman–Crippen MR) is 77.7 cm³/mol. The fraction of sp³-hybridized carbons (Fsp3) is 0.400. The van der Waals surface area contributed by atoms with Crippen LogP contribution in [0.1, 0.15) is 12.8 Å². The van der Waals surface area contributed by atoms with E-state index >= 15 is 0 Å². The maximum absolute atomic E-state index is 12.4. The Morgan fingerprint density at radius 2 is 1.90 bits per heavy atom. The first-order chi connectivity index (χ1) is 10.1. The number of rotatable bonds is 4. The first-order valence-corrected chi connectivity index (χ1v) is 8.15. The molecule has 0 atom stereocenters. The first-order valence-electron chi connectivity index (χ1n) is 6.71. The van der Waals surface area contributed by atoms with Crippen molar-refractivity contribution in [3.8, 4) is 12.3 Å². The molecule has 0 amide bonds. The summed E-state index contributed by atoms with van der Waals surface area (Å²) >= 11 is 0. The molecule has 0 radical (unpaired) electrons. The number of ether oxygens (including phenoxy) is 1. The molecule has 1 aromatic rings. The van der Waals surface area contributed by atoms with Gasteiger partial charge < -0.3 is 4.74 Å². The summed E-state index contributed by atoms with van der Waals surface area (Å²) in [5.74, 6) is 1.62. The van der Waals surface area contributed by atoms with E-state index in [4.69, 9.17) is 11.2 Å². The molecule has 6 heteroatoms. The highest BCUT2D eigenvalue weighted by molar-refractivity contribution is 7.89. The van der Waals surface area contributed by atoms with Crippen molar-refractivity contribution in [3.05, 3.63) is 30.3 Å². The molecule has 0 bridgehead atoms. The summed E-state index contributed by atoms with van der Waals surface area (Å²) in [5, 5.41) is 0. The van der Waals surface area contributed by atoms with Crippen molar-refractivity contribution >= 4 is 16.0 Å². The number of hydrogen-bond acceptors (Lipinski definition) is 4. The molecule has 0 N–H and O–H groups in total. The lowest BCUT2D eigenvalue weighted by atomic mass is 9.98. The summed E-state index contributed by atoms with van der Waals surface area (Å²) in [5.41, 5.74) is 0. The molecule has 0 unspecified atom stereocenters. The summed E-state index contributed by atoms with van der Waals surface area (Å²) in [6, 6.07) is 8.30. The normalized spacial score (nSPS) is 17.1. The van der Waals surface area contributed by atoms with Gasteiger partial charge in [-0.2, -0.15) is 4.31 Å². The zero-order chi connectivity index (χ0) is 15.3. The number of nitrogens with zero attached hydrogens (tertiary/aromatic N) is 1. The van der Waals surface area contributed by atoms with Crippen molar-refractivity contribution in [1.29, 1.82) is 0 Å². The van der Waals surface area contributed by atoms with Crippen LogP contribution in [0, 0.1) is 18.3 Å². The zero-order valence-electron chi connectivity index (χ0n) is 11.6. The van der Waals surface area contributed by atoms with Crippen molar-refractivity contribution in [1.82, 2.24) is 4.31 Å². The van der Waals surface area contributed by atoms with E-state index in [1.165, 1.54) is 4.31 Å². The van der Waals surface area contributed by atoms with E-state index in [0.29, 0.717) is 25.9 Å². The lowest BCUT2D eigenvalue weighted by molar-refractivity contribution is -0.148. The minimum atomic E-state index is -3.48. The van der Waals surface area contributed by atoms with Crippen LogP contribution in [0.2, 0.25) is 0 Å². The standard InChI is InChI=1S/C15H17NO4S/c1-2-12-20-15(17)13-8-10-16(11-9-13)21(18,19)14-6-4-3-5-7-14/h1,3-7,13H,8-12H2. The lowest BCUT2D eigenvalue weighted by Crippen LogP contribution is -2.40. The third-order valence-electron chi connectivity index (χ3n) is 3.47. The van der Waals surface area contributed by atoms with Crippen molar-refractivity contribution < 1.29 is 17.9 Å². The van der Waals surface area contributed by atoms with E-state index in [0.717, 1.165) is 0 Å². The Morgan fingerprint density at radius 3 is 2.48 bits per heavy atom. The van der Waals surface area contributed by atoms with Crippen LogP contribution in [0.3, 0.4) is 0 Å². The van der Waals surface area contributed by atoms with Gasteiger partial charge in [0.25, 0.3) is 0 Å². The summed E-state index contributed by atoms with van der Waals surface area (Å²) < 4.78 is 31.1. The zero-order valence-corrected chi connectivity index (χ0v) is 12.4. The third kappa shape index (κ3) is 3.63. The van der Waals surface area contributed by atoms with Gasteiger partial charge in [-0.25, -0.2) is 8.42 Å². The molecule has 5 nitrogen and oxygen atoms in total. The average Bonchev–Trinajstić information content (AvgIpc) is 2.53. The van der Waals surface area contributed by atoms with Crippen LogP contribution in [0.4, 0.5) is 0 Å². The molecule has 0 aliphatic carbocycles. The van der Waals surface area contributed by atoms with Crippen molar-refractivity contribution in [2.45, 2.75) is 17.7 Å². The molecule has 2 rings (SSSR count). The van der Waals surface area contributed by atoms with Gasteiger partial charge in [0.1, 0.15) is 0 Å². The Hall–Kier alpha value is -1.84. The Bertz CT molecular complexity index is 625. The maximum Gasteiger partial charge on any atom is 0.309 e. The third-order valence-corrected chi connectivity index (χ3v) is 5.38. The Labute approximate surface area is 125 Å². The van der Waals surface area contributed by atoms with Crippen LogP contribution < -0.4 is 0 Å². The number of esters is 1. The number of sulfonamides is 1. The summed E-state index contributed by atoms with van der Waals surface area (Å²) in [7, 11) is -3.48. The number of benzene rings is 1. The van der Waals surface area contributed by atoms with Gasteiger partial charge in [0.05, 0.1) is 10.8 Å². The molecule has 1 fully saturated rings. The van der Waals surface area contributed by atoms with Crippen molar-refractivity contribution in [2.75, 3.05) is 19.7 Å². The van der Waals surface area contributed by atoms with Crippen LogP contribution in [0.15, 0.2) is 35.2 Å².